The quantitative estimate of drug-likeness (QED) is 0.385. The molecule has 1 aliphatic carbocycles. The standard InChI is InChI=1S/C28H28Br2FN3O3/c1-28(2)12-22-25(23(35)13-28)24(19(14-32)27(33)34(22)8-9-36-3)17-10-20(29)26(21(30)11-17)37-15-16-4-6-18(31)7-5-16/h4-7,10-11,24H,8-9,12-13,15,33H2,1-3H3/t24-/m0/s1. The van der Waals surface area contributed by atoms with Crippen molar-refractivity contribution in [1.82, 2.24) is 4.90 Å². The van der Waals surface area contributed by atoms with Crippen molar-refractivity contribution in [3.05, 3.63) is 85.0 Å². The Morgan fingerprint density at radius 1 is 1.19 bits per heavy atom. The number of hydrogen-bond donors (Lipinski definition) is 1. The molecule has 0 amide bonds. The lowest BCUT2D eigenvalue weighted by Crippen LogP contribution is -2.43. The second kappa shape index (κ2) is 11.0. The predicted molar refractivity (Wildman–Crippen MR) is 146 cm³/mol. The number of nitrogens with two attached hydrogens (primary N) is 1. The van der Waals surface area contributed by atoms with Crippen LogP contribution in [0.3, 0.4) is 0 Å². The lowest BCUT2D eigenvalue weighted by atomic mass is 9.68. The van der Waals surface area contributed by atoms with Gasteiger partial charge in [0.15, 0.2) is 5.78 Å². The van der Waals surface area contributed by atoms with Crippen LogP contribution in [0.4, 0.5) is 4.39 Å². The fourth-order valence-corrected chi connectivity index (χ4v) is 6.42. The van der Waals surface area contributed by atoms with E-state index >= 15 is 0 Å². The Labute approximate surface area is 233 Å². The van der Waals surface area contributed by atoms with Crippen molar-refractivity contribution >= 4 is 37.6 Å². The average Bonchev–Trinajstić information content (AvgIpc) is 2.82. The van der Waals surface area contributed by atoms with Crippen molar-refractivity contribution in [2.45, 2.75) is 39.2 Å². The highest BCUT2D eigenvalue weighted by atomic mass is 79.9. The highest BCUT2D eigenvalue weighted by Crippen LogP contribution is 2.50. The Morgan fingerprint density at radius 2 is 1.84 bits per heavy atom. The molecule has 194 valence electrons. The first-order chi connectivity index (χ1) is 17.6. The van der Waals surface area contributed by atoms with Gasteiger partial charge in [-0.3, -0.25) is 4.79 Å². The Kier molecular flexibility index (Phi) is 8.12. The number of ketones is 1. The van der Waals surface area contributed by atoms with Crippen molar-refractivity contribution in [2.24, 2.45) is 11.1 Å². The van der Waals surface area contributed by atoms with E-state index in [9.17, 15) is 14.4 Å². The molecule has 2 aromatic rings. The van der Waals surface area contributed by atoms with Gasteiger partial charge >= 0.3 is 0 Å². The molecule has 0 saturated carbocycles. The van der Waals surface area contributed by atoms with E-state index in [1.54, 1.807) is 19.2 Å². The lowest BCUT2D eigenvalue weighted by Gasteiger charge is -2.43. The summed E-state index contributed by atoms with van der Waals surface area (Å²) in [5.74, 6) is 0.0201. The zero-order chi connectivity index (χ0) is 26.9. The van der Waals surface area contributed by atoms with Gasteiger partial charge in [-0.2, -0.15) is 5.26 Å². The van der Waals surface area contributed by atoms with Crippen LogP contribution in [0.1, 0.15) is 43.7 Å². The molecule has 1 heterocycles. The summed E-state index contributed by atoms with van der Waals surface area (Å²) in [6.45, 7) is 5.24. The maximum absolute atomic E-state index is 13.6. The largest absolute Gasteiger partial charge is 0.487 e. The normalized spacial score (nSPS) is 19.1. The van der Waals surface area contributed by atoms with Crippen LogP contribution in [0, 0.1) is 22.6 Å². The maximum atomic E-state index is 13.6. The number of hydrogen-bond acceptors (Lipinski definition) is 6. The molecule has 4 rings (SSSR count). The number of nitrogens with zero attached hydrogens (tertiary/aromatic N) is 2. The summed E-state index contributed by atoms with van der Waals surface area (Å²) in [4.78, 5) is 15.4. The molecule has 0 saturated heterocycles. The molecule has 0 unspecified atom stereocenters. The van der Waals surface area contributed by atoms with Gasteiger partial charge in [0.05, 0.1) is 33.1 Å². The molecule has 2 aromatic carbocycles. The van der Waals surface area contributed by atoms with Crippen LogP contribution >= 0.6 is 31.9 Å². The third kappa shape index (κ3) is 5.62. The smallest absolute Gasteiger partial charge is 0.162 e. The van der Waals surface area contributed by atoms with Crippen LogP contribution in [-0.4, -0.2) is 30.9 Å². The number of carbonyl (C=O) groups excluding carboxylic acids is 1. The van der Waals surface area contributed by atoms with E-state index in [1.165, 1.54) is 12.1 Å². The molecule has 0 aromatic heterocycles. The maximum Gasteiger partial charge on any atom is 0.162 e. The predicted octanol–water partition coefficient (Wildman–Crippen LogP) is 6.31. The minimum absolute atomic E-state index is 0.0165. The molecule has 2 aliphatic rings. The minimum atomic E-state index is -0.596. The molecular formula is C28H28Br2FN3O3. The van der Waals surface area contributed by atoms with Crippen molar-refractivity contribution in [3.63, 3.8) is 0 Å². The molecule has 0 bridgehead atoms. The molecule has 37 heavy (non-hydrogen) atoms. The van der Waals surface area contributed by atoms with E-state index in [2.05, 4.69) is 51.8 Å². The number of halogens is 3. The van der Waals surface area contributed by atoms with Gasteiger partial charge in [0.2, 0.25) is 0 Å². The first kappa shape index (κ1) is 27.4. The lowest BCUT2D eigenvalue weighted by molar-refractivity contribution is -0.118. The number of Topliss-reactive ketones (excluding diaryl/α,β-unsaturated/α-hetero) is 1. The second-order valence-corrected chi connectivity index (χ2v) is 11.7. The minimum Gasteiger partial charge on any atom is -0.487 e. The highest BCUT2D eigenvalue weighted by molar-refractivity contribution is 9.11. The summed E-state index contributed by atoms with van der Waals surface area (Å²) >= 11 is 7.20. The third-order valence-electron chi connectivity index (χ3n) is 6.66. The van der Waals surface area contributed by atoms with E-state index in [4.69, 9.17) is 15.2 Å². The van der Waals surface area contributed by atoms with Gasteiger partial charge in [0.25, 0.3) is 0 Å². The van der Waals surface area contributed by atoms with Crippen LogP contribution in [0.5, 0.6) is 5.75 Å². The molecular weight excluding hydrogens is 605 g/mol. The molecule has 0 spiro atoms. The zero-order valence-corrected chi connectivity index (χ0v) is 24.1. The van der Waals surface area contributed by atoms with Crippen LogP contribution in [0.15, 0.2) is 68.0 Å². The van der Waals surface area contributed by atoms with Crippen LogP contribution in [0.25, 0.3) is 0 Å². The van der Waals surface area contributed by atoms with Crippen molar-refractivity contribution < 1.29 is 18.7 Å². The first-order valence-electron chi connectivity index (χ1n) is 11.8. The molecule has 1 aliphatic heterocycles. The molecule has 6 nitrogen and oxygen atoms in total. The Morgan fingerprint density at radius 3 is 2.43 bits per heavy atom. The van der Waals surface area contributed by atoms with E-state index in [0.29, 0.717) is 57.7 Å². The van der Waals surface area contributed by atoms with Crippen LogP contribution < -0.4 is 10.5 Å². The summed E-state index contributed by atoms with van der Waals surface area (Å²) in [6, 6.07) is 12.1. The number of methoxy groups -OCH3 is 1. The van der Waals surface area contributed by atoms with Gasteiger partial charge in [0, 0.05) is 31.3 Å². The summed E-state index contributed by atoms with van der Waals surface area (Å²) in [5.41, 5.74) is 9.72. The number of ether oxygens (including phenoxy) is 2. The zero-order valence-electron chi connectivity index (χ0n) is 20.9. The van der Waals surface area contributed by atoms with Crippen LogP contribution in [-0.2, 0) is 16.1 Å². The summed E-state index contributed by atoms with van der Waals surface area (Å²) in [5, 5.41) is 10.2. The number of nitriles is 1. The van der Waals surface area contributed by atoms with Gasteiger partial charge in [-0.15, -0.1) is 0 Å². The Bertz CT molecular complexity index is 1310. The number of rotatable bonds is 7. The van der Waals surface area contributed by atoms with E-state index in [1.807, 2.05) is 17.0 Å². The van der Waals surface area contributed by atoms with Gasteiger partial charge in [-0.25, -0.2) is 4.39 Å². The van der Waals surface area contributed by atoms with E-state index in [0.717, 1.165) is 16.8 Å². The summed E-state index contributed by atoms with van der Waals surface area (Å²) in [7, 11) is 1.61. The van der Waals surface area contributed by atoms with Gasteiger partial charge < -0.3 is 20.1 Å². The van der Waals surface area contributed by atoms with Gasteiger partial charge in [-0.05, 0) is 79.1 Å². The molecule has 0 radical (unpaired) electrons. The van der Waals surface area contributed by atoms with Crippen molar-refractivity contribution in [2.75, 3.05) is 20.3 Å². The van der Waals surface area contributed by atoms with Crippen molar-refractivity contribution in [3.8, 4) is 11.8 Å². The monoisotopic (exact) mass is 631 g/mol. The molecule has 0 fully saturated rings. The van der Waals surface area contributed by atoms with Gasteiger partial charge in [0.1, 0.15) is 24.0 Å². The highest BCUT2D eigenvalue weighted by Gasteiger charge is 2.44. The summed E-state index contributed by atoms with van der Waals surface area (Å²) in [6.07, 6.45) is 1.05. The van der Waals surface area contributed by atoms with E-state index in [-0.39, 0.29) is 23.6 Å². The molecule has 1 atom stereocenters. The van der Waals surface area contributed by atoms with Crippen LogP contribution in [0.2, 0.25) is 0 Å². The average molecular weight is 633 g/mol. The third-order valence-corrected chi connectivity index (χ3v) is 7.83. The van der Waals surface area contributed by atoms with E-state index < -0.39 is 5.92 Å². The van der Waals surface area contributed by atoms with Crippen molar-refractivity contribution in [1.29, 1.82) is 5.26 Å². The molecule has 2 N–H and O–H groups in total. The topological polar surface area (TPSA) is 88.6 Å². The summed E-state index contributed by atoms with van der Waals surface area (Å²) < 4.78 is 25.8. The number of benzene rings is 2. The van der Waals surface area contributed by atoms with Gasteiger partial charge in [-0.1, -0.05) is 26.0 Å². The SMILES string of the molecule is COCCN1C(N)=C(C#N)[C@H](c2cc(Br)c(OCc3ccc(F)cc3)c(Br)c2)C2=C1CC(C)(C)CC2=O. The molecule has 9 heteroatoms. The number of carbonyl (C=O) groups is 1. The fraction of sp³-hybridized carbons (Fsp3) is 0.357. The fourth-order valence-electron chi connectivity index (χ4n) is 4.97. The first-order valence-corrected chi connectivity index (χ1v) is 13.4. The Balaban J connectivity index is 1.76. The second-order valence-electron chi connectivity index (χ2n) is 10.0. The Hall–Kier alpha value is -2.67. The number of allylic oxidation sites excluding steroid dienone is 3.